The molecule has 4 nitrogen and oxygen atoms in total. The largest absolute Gasteiger partial charge is 0.497 e. The van der Waals surface area contributed by atoms with Crippen LogP contribution in [0.15, 0.2) is 29.4 Å². The van der Waals surface area contributed by atoms with Crippen molar-refractivity contribution in [2.45, 2.75) is 26.2 Å². The quantitative estimate of drug-likeness (QED) is 0.834. The number of hydrogen-bond acceptors (Lipinski definition) is 4. The third-order valence-electron chi connectivity index (χ3n) is 3.14. The molecule has 0 radical (unpaired) electrons. The van der Waals surface area contributed by atoms with Crippen LogP contribution in [-0.4, -0.2) is 18.6 Å². The molecular formula is C14H18N2O2. The fraction of sp³-hybridized carbons (Fsp3) is 0.429. The van der Waals surface area contributed by atoms with Crippen LogP contribution in [0.2, 0.25) is 0 Å². The number of hydrogen-bond donors (Lipinski definition) is 1. The lowest BCUT2D eigenvalue weighted by molar-refractivity contribution is -0.113. The minimum Gasteiger partial charge on any atom is -0.497 e. The molecule has 1 fully saturated rings. The summed E-state index contributed by atoms with van der Waals surface area (Å²) in [5.74, 6) is 1.50. The molecule has 1 unspecified atom stereocenters. The highest BCUT2D eigenvalue weighted by Crippen LogP contribution is 2.20. The number of anilines is 1. The van der Waals surface area contributed by atoms with E-state index in [2.05, 4.69) is 17.5 Å². The number of nitrogens with zero attached hydrogens (tertiary/aromatic N) is 1. The molecule has 1 aliphatic carbocycles. The van der Waals surface area contributed by atoms with E-state index < -0.39 is 0 Å². The highest BCUT2D eigenvalue weighted by Gasteiger charge is 2.21. The first-order valence-corrected chi connectivity index (χ1v) is 6.19. The first kappa shape index (κ1) is 12.6. The van der Waals surface area contributed by atoms with Crippen LogP contribution in [0.1, 0.15) is 26.2 Å². The van der Waals surface area contributed by atoms with E-state index in [0.717, 1.165) is 24.3 Å². The van der Waals surface area contributed by atoms with Gasteiger partial charge in [-0.1, -0.05) is 6.92 Å². The fourth-order valence-electron chi connectivity index (χ4n) is 1.97. The van der Waals surface area contributed by atoms with Crippen molar-refractivity contribution < 1.29 is 9.53 Å². The zero-order valence-corrected chi connectivity index (χ0v) is 10.8. The molecule has 0 amide bonds. The van der Waals surface area contributed by atoms with Crippen LogP contribution in [0.4, 0.5) is 5.69 Å². The van der Waals surface area contributed by atoms with Crippen LogP contribution in [0.25, 0.3) is 0 Å². The second-order valence-corrected chi connectivity index (χ2v) is 4.67. The maximum Gasteiger partial charge on any atom is 0.178 e. The molecule has 2 rings (SSSR count). The standard InChI is InChI=1S/C14H18N2O2/c1-10-3-8-14(17)13(9-10)16-15-11-4-6-12(18-2)7-5-11/h4-7,10,15H,3,8-9H2,1-2H3/b16-13-. The van der Waals surface area contributed by atoms with Crippen molar-refractivity contribution >= 4 is 17.2 Å². The number of ether oxygens (including phenoxy) is 1. The molecule has 4 heteroatoms. The zero-order valence-electron chi connectivity index (χ0n) is 10.8. The van der Waals surface area contributed by atoms with E-state index in [9.17, 15) is 4.79 Å². The summed E-state index contributed by atoms with van der Waals surface area (Å²) in [7, 11) is 1.63. The second kappa shape index (κ2) is 5.67. The molecule has 0 bridgehead atoms. The molecule has 1 aromatic rings. The molecule has 1 N–H and O–H groups in total. The number of methoxy groups -OCH3 is 1. The third-order valence-corrected chi connectivity index (χ3v) is 3.14. The second-order valence-electron chi connectivity index (χ2n) is 4.67. The first-order valence-electron chi connectivity index (χ1n) is 6.19. The molecule has 1 atom stereocenters. The van der Waals surface area contributed by atoms with E-state index in [-0.39, 0.29) is 5.78 Å². The molecular weight excluding hydrogens is 228 g/mol. The number of Topliss-reactive ketones (excluding diaryl/α,β-unsaturated/α-hetero) is 1. The van der Waals surface area contributed by atoms with Gasteiger partial charge in [-0.25, -0.2) is 0 Å². The van der Waals surface area contributed by atoms with Crippen molar-refractivity contribution in [3.63, 3.8) is 0 Å². The third kappa shape index (κ3) is 3.09. The maximum atomic E-state index is 11.7. The lowest BCUT2D eigenvalue weighted by Gasteiger charge is -2.18. The Kier molecular flexibility index (Phi) is 3.97. The van der Waals surface area contributed by atoms with Gasteiger partial charge in [0.2, 0.25) is 0 Å². The van der Waals surface area contributed by atoms with E-state index in [1.54, 1.807) is 7.11 Å². The van der Waals surface area contributed by atoms with Gasteiger partial charge in [-0.15, -0.1) is 0 Å². The van der Waals surface area contributed by atoms with Crippen LogP contribution in [0, 0.1) is 5.92 Å². The Labute approximate surface area is 107 Å². The van der Waals surface area contributed by atoms with Gasteiger partial charge in [0.05, 0.1) is 12.8 Å². The van der Waals surface area contributed by atoms with Crippen LogP contribution in [0.3, 0.4) is 0 Å². The Morgan fingerprint density at radius 1 is 1.33 bits per heavy atom. The van der Waals surface area contributed by atoms with Gasteiger partial charge in [0.15, 0.2) is 5.78 Å². The lowest BCUT2D eigenvalue weighted by atomic mass is 9.88. The predicted molar refractivity (Wildman–Crippen MR) is 72.1 cm³/mol. The zero-order chi connectivity index (χ0) is 13.0. The molecule has 0 aliphatic heterocycles. The molecule has 1 aliphatic rings. The van der Waals surface area contributed by atoms with E-state index >= 15 is 0 Å². The van der Waals surface area contributed by atoms with E-state index in [1.807, 2.05) is 24.3 Å². The summed E-state index contributed by atoms with van der Waals surface area (Å²) in [6, 6.07) is 7.46. The van der Waals surface area contributed by atoms with E-state index in [4.69, 9.17) is 4.74 Å². The summed E-state index contributed by atoms with van der Waals surface area (Å²) in [5, 5.41) is 4.22. The fourth-order valence-corrected chi connectivity index (χ4v) is 1.97. The summed E-state index contributed by atoms with van der Waals surface area (Å²) < 4.78 is 5.08. The van der Waals surface area contributed by atoms with Crippen LogP contribution in [0.5, 0.6) is 5.75 Å². The van der Waals surface area contributed by atoms with Crippen LogP contribution >= 0.6 is 0 Å². The van der Waals surface area contributed by atoms with Gasteiger partial charge in [-0.3, -0.25) is 10.2 Å². The monoisotopic (exact) mass is 246 g/mol. The number of ketones is 1. The van der Waals surface area contributed by atoms with Gasteiger partial charge in [0.1, 0.15) is 11.5 Å². The van der Waals surface area contributed by atoms with Gasteiger partial charge < -0.3 is 4.74 Å². The topological polar surface area (TPSA) is 50.7 Å². The molecule has 0 aromatic heterocycles. The summed E-state index contributed by atoms with van der Waals surface area (Å²) >= 11 is 0. The molecule has 18 heavy (non-hydrogen) atoms. The van der Waals surface area contributed by atoms with Crippen LogP contribution < -0.4 is 10.2 Å². The number of nitrogens with one attached hydrogen (secondary N) is 1. The van der Waals surface area contributed by atoms with Gasteiger partial charge in [-0.05, 0) is 43.0 Å². The molecule has 0 spiro atoms. The molecule has 0 heterocycles. The van der Waals surface area contributed by atoms with E-state index in [0.29, 0.717) is 18.1 Å². The Balaban J connectivity index is 2.02. The number of rotatable bonds is 3. The van der Waals surface area contributed by atoms with Crippen molar-refractivity contribution in [1.82, 2.24) is 0 Å². The Morgan fingerprint density at radius 3 is 2.72 bits per heavy atom. The van der Waals surface area contributed by atoms with Crippen molar-refractivity contribution in [2.75, 3.05) is 12.5 Å². The summed E-state index contributed by atoms with van der Waals surface area (Å²) in [5.41, 5.74) is 4.44. The van der Waals surface area contributed by atoms with Gasteiger partial charge >= 0.3 is 0 Å². The molecule has 96 valence electrons. The number of benzene rings is 1. The number of carbonyl (C=O) groups excluding carboxylic acids is 1. The van der Waals surface area contributed by atoms with Gasteiger partial charge in [0, 0.05) is 6.42 Å². The average molecular weight is 246 g/mol. The number of carbonyl (C=O) groups is 1. The van der Waals surface area contributed by atoms with Gasteiger partial charge in [-0.2, -0.15) is 5.10 Å². The summed E-state index contributed by atoms with van der Waals surface area (Å²) in [6.45, 7) is 2.15. The predicted octanol–water partition coefficient (Wildman–Crippen LogP) is 2.85. The van der Waals surface area contributed by atoms with E-state index in [1.165, 1.54) is 0 Å². The first-order chi connectivity index (χ1) is 8.69. The maximum absolute atomic E-state index is 11.7. The normalized spacial score (nSPS) is 22.0. The van der Waals surface area contributed by atoms with Crippen molar-refractivity contribution in [2.24, 2.45) is 11.0 Å². The Morgan fingerprint density at radius 2 is 2.06 bits per heavy atom. The minimum atomic E-state index is 0.161. The van der Waals surface area contributed by atoms with Gasteiger partial charge in [0.25, 0.3) is 0 Å². The number of hydrazone groups is 1. The van der Waals surface area contributed by atoms with Crippen molar-refractivity contribution in [3.8, 4) is 5.75 Å². The minimum absolute atomic E-state index is 0.161. The SMILES string of the molecule is COc1ccc(N/N=C2/CC(C)CCC2=O)cc1. The van der Waals surface area contributed by atoms with Crippen molar-refractivity contribution in [1.29, 1.82) is 0 Å². The van der Waals surface area contributed by atoms with Crippen LogP contribution in [-0.2, 0) is 4.79 Å². The highest BCUT2D eigenvalue weighted by atomic mass is 16.5. The van der Waals surface area contributed by atoms with Crippen molar-refractivity contribution in [3.05, 3.63) is 24.3 Å². The average Bonchev–Trinajstić information content (AvgIpc) is 2.40. The smallest absolute Gasteiger partial charge is 0.178 e. The summed E-state index contributed by atoms with van der Waals surface area (Å²) in [4.78, 5) is 11.7. The lowest BCUT2D eigenvalue weighted by Crippen LogP contribution is -2.24. The molecule has 1 saturated carbocycles. The summed E-state index contributed by atoms with van der Waals surface area (Å²) in [6.07, 6.45) is 2.35. The molecule has 0 saturated heterocycles. The highest BCUT2D eigenvalue weighted by molar-refractivity contribution is 6.40. The Bertz CT molecular complexity index is 451. The Hall–Kier alpha value is -1.84. The molecule has 1 aromatic carbocycles.